The van der Waals surface area contributed by atoms with E-state index in [1.165, 1.54) is 32.1 Å². The van der Waals surface area contributed by atoms with Crippen LogP contribution in [0.25, 0.3) is 0 Å². The second kappa shape index (κ2) is 7.07. The zero-order chi connectivity index (χ0) is 20.1. The number of hydrogen-bond donors (Lipinski definition) is 1. The molecular formula is C25H36O3. The first kappa shape index (κ1) is 19.8. The highest BCUT2D eigenvalue weighted by atomic mass is 16.6. The Labute approximate surface area is 169 Å². The van der Waals surface area contributed by atoms with Gasteiger partial charge in [-0.1, -0.05) is 26.0 Å². The predicted molar refractivity (Wildman–Crippen MR) is 111 cm³/mol. The van der Waals surface area contributed by atoms with E-state index in [1.807, 2.05) is 12.1 Å². The number of carbonyl (C=O) groups excluding carboxylic acids is 1. The van der Waals surface area contributed by atoms with Crippen molar-refractivity contribution in [2.75, 3.05) is 0 Å². The summed E-state index contributed by atoms with van der Waals surface area (Å²) in [5.41, 5.74) is 0.420. The summed E-state index contributed by atoms with van der Waals surface area (Å²) in [6.07, 6.45) is 7.97. The predicted octanol–water partition coefficient (Wildman–Crippen LogP) is 6.06. The van der Waals surface area contributed by atoms with Crippen LogP contribution in [0.1, 0.15) is 84.1 Å². The summed E-state index contributed by atoms with van der Waals surface area (Å²) in [5, 5.41) is 9.54. The lowest BCUT2D eigenvalue weighted by Gasteiger charge is -2.59. The molecule has 28 heavy (non-hydrogen) atoms. The number of rotatable bonds is 6. The molecule has 4 fully saturated rings. The second-order valence-corrected chi connectivity index (χ2v) is 10.5. The van der Waals surface area contributed by atoms with Gasteiger partial charge in [0.05, 0.1) is 5.41 Å². The Morgan fingerprint density at radius 3 is 2.18 bits per heavy atom. The van der Waals surface area contributed by atoms with Gasteiger partial charge in [0.25, 0.3) is 0 Å². The van der Waals surface area contributed by atoms with E-state index in [0.29, 0.717) is 11.8 Å². The van der Waals surface area contributed by atoms with Crippen LogP contribution in [0, 0.1) is 29.1 Å². The Morgan fingerprint density at radius 2 is 1.68 bits per heavy atom. The highest BCUT2D eigenvalue weighted by Crippen LogP contribution is 2.60. The summed E-state index contributed by atoms with van der Waals surface area (Å²) in [4.78, 5) is 13.5. The molecule has 4 bridgehead atoms. The van der Waals surface area contributed by atoms with Crippen molar-refractivity contribution in [3.8, 4) is 5.75 Å². The monoisotopic (exact) mass is 384 g/mol. The van der Waals surface area contributed by atoms with Gasteiger partial charge in [-0.3, -0.25) is 4.79 Å². The number of phenolic OH excluding ortho intramolecular Hbond substituents is 1. The van der Waals surface area contributed by atoms with Gasteiger partial charge in [-0.15, -0.1) is 0 Å². The average Bonchev–Trinajstić information content (AvgIpc) is 2.66. The summed E-state index contributed by atoms with van der Waals surface area (Å²) in [6.45, 7) is 8.57. The Bertz CT molecular complexity index is 694. The molecule has 3 heteroatoms. The number of hydrogen-bond acceptors (Lipinski definition) is 3. The van der Waals surface area contributed by atoms with E-state index in [0.717, 1.165) is 30.2 Å². The van der Waals surface area contributed by atoms with E-state index in [9.17, 15) is 9.90 Å². The number of ether oxygens (including phenoxy) is 1. The molecule has 0 saturated heterocycles. The Balaban J connectivity index is 1.48. The quantitative estimate of drug-likeness (QED) is 0.606. The summed E-state index contributed by atoms with van der Waals surface area (Å²) >= 11 is 0. The highest BCUT2D eigenvalue weighted by molar-refractivity contribution is 5.77. The third-order valence-electron chi connectivity index (χ3n) is 8.56. The van der Waals surface area contributed by atoms with Gasteiger partial charge in [-0.05, 0) is 106 Å². The van der Waals surface area contributed by atoms with Crippen LogP contribution in [-0.4, -0.2) is 16.7 Å². The number of phenols is 1. The molecule has 4 saturated carbocycles. The fourth-order valence-corrected chi connectivity index (χ4v) is 6.58. The lowest BCUT2D eigenvalue weighted by molar-refractivity contribution is -0.212. The van der Waals surface area contributed by atoms with Crippen molar-refractivity contribution in [1.29, 1.82) is 0 Å². The Hall–Kier alpha value is -1.51. The van der Waals surface area contributed by atoms with E-state index < -0.39 is 5.41 Å². The van der Waals surface area contributed by atoms with Crippen LogP contribution in [-0.2, 0) is 9.53 Å². The van der Waals surface area contributed by atoms with E-state index in [2.05, 4.69) is 27.7 Å². The van der Waals surface area contributed by atoms with Gasteiger partial charge in [0, 0.05) is 0 Å². The lowest BCUT2D eigenvalue weighted by Crippen LogP contribution is -2.58. The van der Waals surface area contributed by atoms with Crippen molar-refractivity contribution < 1.29 is 14.6 Å². The van der Waals surface area contributed by atoms with Crippen molar-refractivity contribution in [1.82, 2.24) is 0 Å². The van der Waals surface area contributed by atoms with Gasteiger partial charge >= 0.3 is 5.97 Å². The maximum absolute atomic E-state index is 13.5. The summed E-state index contributed by atoms with van der Waals surface area (Å²) in [5.74, 6) is 3.39. The molecule has 5 rings (SSSR count). The van der Waals surface area contributed by atoms with E-state index in [-0.39, 0.29) is 23.2 Å². The molecule has 1 N–H and O–H groups in total. The van der Waals surface area contributed by atoms with Gasteiger partial charge in [-0.25, -0.2) is 0 Å². The van der Waals surface area contributed by atoms with E-state index in [1.54, 1.807) is 12.1 Å². The molecule has 1 aromatic rings. The van der Waals surface area contributed by atoms with E-state index in [4.69, 9.17) is 4.74 Å². The van der Waals surface area contributed by atoms with Crippen LogP contribution in [0.4, 0.5) is 0 Å². The van der Waals surface area contributed by atoms with Gasteiger partial charge in [0.2, 0.25) is 0 Å². The van der Waals surface area contributed by atoms with Crippen molar-refractivity contribution in [2.45, 2.75) is 84.2 Å². The number of benzene rings is 1. The molecule has 0 aromatic heterocycles. The first-order valence-electron chi connectivity index (χ1n) is 11.3. The number of esters is 1. The van der Waals surface area contributed by atoms with Crippen LogP contribution in [0.5, 0.6) is 5.75 Å². The first-order chi connectivity index (χ1) is 13.2. The van der Waals surface area contributed by atoms with Gasteiger partial charge < -0.3 is 9.84 Å². The zero-order valence-corrected chi connectivity index (χ0v) is 17.9. The van der Waals surface area contributed by atoms with Gasteiger partial charge in [0.15, 0.2) is 0 Å². The normalized spacial score (nSPS) is 36.7. The Kier molecular flexibility index (Phi) is 5.00. The van der Waals surface area contributed by atoms with Crippen LogP contribution < -0.4 is 0 Å². The van der Waals surface area contributed by atoms with Crippen LogP contribution >= 0.6 is 0 Å². The minimum absolute atomic E-state index is 0.00407. The second-order valence-electron chi connectivity index (χ2n) is 10.5. The lowest BCUT2D eigenvalue weighted by atomic mass is 9.50. The smallest absolute Gasteiger partial charge is 0.312 e. The maximum atomic E-state index is 13.5. The first-order valence-corrected chi connectivity index (χ1v) is 11.3. The SMILES string of the molecule is CCC(C)(CC(C)c1ccc(O)cc1)C(=O)OC1(C)C2CC3CC(C2)CC1C3. The molecule has 0 amide bonds. The fourth-order valence-electron chi connectivity index (χ4n) is 6.58. The standard InChI is InChI=1S/C25H36O3/c1-5-24(3,15-16(2)19-6-8-22(26)9-7-19)23(27)28-25(4)20-11-17-10-18(13-20)14-21(25)12-17/h6-9,16-18,20-21,26H,5,10-15H2,1-4H3. The fraction of sp³-hybridized carbons (Fsp3) is 0.720. The van der Waals surface area contributed by atoms with Crippen molar-refractivity contribution in [2.24, 2.45) is 29.1 Å². The average molecular weight is 385 g/mol. The van der Waals surface area contributed by atoms with Crippen molar-refractivity contribution in [3.05, 3.63) is 29.8 Å². The molecule has 1 aromatic carbocycles. The minimum atomic E-state index is -0.477. The molecule has 0 heterocycles. The Morgan fingerprint density at radius 1 is 1.14 bits per heavy atom. The third kappa shape index (κ3) is 3.35. The summed E-state index contributed by atoms with van der Waals surface area (Å²) < 4.78 is 6.45. The minimum Gasteiger partial charge on any atom is -0.508 e. The third-order valence-corrected chi connectivity index (χ3v) is 8.56. The van der Waals surface area contributed by atoms with Crippen LogP contribution in [0.2, 0.25) is 0 Å². The molecule has 154 valence electrons. The largest absolute Gasteiger partial charge is 0.508 e. The molecule has 3 nitrogen and oxygen atoms in total. The summed E-state index contributed by atoms with van der Waals surface area (Å²) in [7, 11) is 0. The number of aromatic hydroxyl groups is 1. The molecular weight excluding hydrogens is 348 g/mol. The van der Waals surface area contributed by atoms with Crippen molar-refractivity contribution in [3.63, 3.8) is 0 Å². The zero-order valence-electron chi connectivity index (χ0n) is 17.9. The molecule has 4 aliphatic carbocycles. The van der Waals surface area contributed by atoms with Gasteiger partial charge in [-0.2, -0.15) is 0 Å². The molecule has 0 radical (unpaired) electrons. The molecule has 2 unspecified atom stereocenters. The molecule has 0 aliphatic heterocycles. The highest BCUT2D eigenvalue weighted by Gasteiger charge is 2.57. The maximum Gasteiger partial charge on any atom is 0.312 e. The molecule has 4 aliphatic rings. The number of carbonyl (C=O) groups is 1. The summed E-state index contributed by atoms with van der Waals surface area (Å²) in [6, 6.07) is 7.37. The van der Waals surface area contributed by atoms with Gasteiger partial charge in [0.1, 0.15) is 11.4 Å². The molecule has 2 atom stereocenters. The topological polar surface area (TPSA) is 46.5 Å². The van der Waals surface area contributed by atoms with Crippen molar-refractivity contribution >= 4 is 5.97 Å². The van der Waals surface area contributed by atoms with Crippen LogP contribution in [0.15, 0.2) is 24.3 Å². The van der Waals surface area contributed by atoms with E-state index >= 15 is 0 Å². The molecule has 0 spiro atoms. The van der Waals surface area contributed by atoms with Crippen LogP contribution in [0.3, 0.4) is 0 Å².